The van der Waals surface area contributed by atoms with E-state index in [-0.39, 0.29) is 0 Å². The molecule has 0 spiro atoms. The van der Waals surface area contributed by atoms with Gasteiger partial charge in [-0.3, -0.25) is 4.68 Å². The molecule has 4 aromatic rings. The first kappa shape index (κ1) is 13.0. The van der Waals surface area contributed by atoms with Crippen molar-refractivity contribution in [3.63, 3.8) is 0 Å². The SMILES string of the molecule is Cc1nc(-c2ccc3sc(N)nc3c2)n(-c2ccnn2C)n1. The summed E-state index contributed by atoms with van der Waals surface area (Å²) in [5, 5.41) is 9.24. The maximum atomic E-state index is 5.77. The lowest BCUT2D eigenvalue weighted by Crippen LogP contribution is -2.06. The van der Waals surface area contributed by atoms with Crippen molar-refractivity contribution >= 4 is 26.7 Å². The number of fused-ring (bicyclic) bond motifs is 1. The van der Waals surface area contributed by atoms with Crippen molar-refractivity contribution in [2.75, 3.05) is 5.73 Å². The van der Waals surface area contributed by atoms with E-state index in [0.717, 1.165) is 27.4 Å². The molecule has 22 heavy (non-hydrogen) atoms. The number of hydrogen-bond donors (Lipinski definition) is 1. The summed E-state index contributed by atoms with van der Waals surface area (Å²) in [6.07, 6.45) is 1.74. The molecule has 0 aliphatic rings. The number of nitrogen functional groups attached to an aromatic ring is 1. The predicted octanol–water partition coefficient (Wildman–Crippen LogP) is 2.17. The highest BCUT2D eigenvalue weighted by Crippen LogP contribution is 2.29. The number of nitrogens with two attached hydrogens (primary N) is 1. The average Bonchev–Trinajstić information content (AvgIpc) is 3.15. The molecule has 0 fully saturated rings. The minimum Gasteiger partial charge on any atom is -0.375 e. The van der Waals surface area contributed by atoms with Crippen LogP contribution in [0, 0.1) is 6.92 Å². The van der Waals surface area contributed by atoms with E-state index in [1.54, 1.807) is 15.6 Å². The van der Waals surface area contributed by atoms with Gasteiger partial charge >= 0.3 is 0 Å². The van der Waals surface area contributed by atoms with Crippen LogP contribution >= 0.6 is 11.3 Å². The molecule has 0 unspecified atom stereocenters. The molecule has 0 atom stereocenters. The predicted molar refractivity (Wildman–Crippen MR) is 85.9 cm³/mol. The second kappa shape index (κ2) is 4.63. The Labute approximate surface area is 130 Å². The molecule has 0 aliphatic heterocycles. The van der Waals surface area contributed by atoms with Crippen molar-refractivity contribution in [2.24, 2.45) is 7.05 Å². The lowest BCUT2D eigenvalue weighted by molar-refractivity contribution is 0.698. The van der Waals surface area contributed by atoms with E-state index < -0.39 is 0 Å². The zero-order chi connectivity index (χ0) is 15.3. The topological polar surface area (TPSA) is 87.4 Å². The molecule has 0 bridgehead atoms. The molecule has 0 aliphatic carbocycles. The van der Waals surface area contributed by atoms with E-state index in [1.807, 2.05) is 38.2 Å². The molecular formula is C14H13N7S. The first-order chi connectivity index (χ1) is 10.6. The summed E-state index contributed by atoms with van der Waals surface area (Å²) in [5.41, 5.74) is 7.59. The Balaban J connectivity index is 1.92. The van der Waals surface area contributed by atoms with Crippen molar-refractivity contribution in [1.82, 2.24) is 29.5 Å². The number of hydrogen-bond acceptors (Lipinski definition) is 6. The van der Waals surface area contributed by atoms with Crippen LogP contribution in [0.5, 0.6) is 0 Å². The average molecular weight is 311 g/mol. The molecule has 3 aromatic heterocycles. The Morgan fingerprint density at radius 2 is 2.05 bits per heavy atom. The minimum atomic E-state index is 0.566. The number of nitrogens with zero attached hydrogens (tertiary/aromatic N) is 6. The Morgan fingerprint density at radius 1 is 1.18 bits per heavy atom. The zero-order valence-corrected chi connectivity index (χ0v) is 12.9. The number of anilines is 1. The fourth-order valence-electron chi connectivity index (χ4n) is 2.42. The van der Waals surface area contributed by atoms with E-state index >= 15 is 0 Å². The number of thiazole rings is 1. The van der Waals surface area contributed by atoms with E-state index in [9.17, 15) is 0 Å². The van der Waals surface area contributed by atoms with E-state index in [0.29, 0.717) is 11.0 Å². The molecule has 0 radical (unpaired) electrons. The number of aryl methyl sites for hydroxylation is 2. The molecule has 110 valence electrons. The van der Waals surface area contributed by atoms with Crippen molar-refractivity contribution < 1.29 is 0 Å². The summed E-state index contributed by atoms with van der Waals surface area (Å²) in [6, 6.07) is 7.90. The van der Waals surface area contributed by atoms with Crippen molar-refractivity contribution in [3.8, 4) is 17.2 Å². The molecule has 7 nitrogen and oxygen atoms in total. The third-order valence-corrected chi connectivity index (χ3v) is 4.25. The van der Waals surface area contributed by atoms with Crippen LogP contribution in [0.2, 0.25) is 0 Å². The van der Waals surface area contributed by atoms with E-state index in [2.05, 4.69) is 20.2 Å². The molecule has 4 rings (SSSR count). The third-order valence-electron chi connectivity index (χ3n) is 3.39. The summed E-state index contributed by atoms with van der Waals surface area (Å²) in [7, 11) is 1.88. The highest BCUT2D eigenvalue weighted by molar-refractivity contribution is 7.22. The third kappa shape index (κ3) is 1.96. The van der Waals surface area contributed by atoms with E-state index in [1.165, 1.54) is 11.3 Å². The molecule has 0 saturated heterocycles. The van der Waals surface area contributed by atoms with Crippen molar-refractivity contribution in [2.45, 2.75) is 6.92 Å². The monoisotopic (exact) mass is 311 g/mol. The van der Waals surface area contributed by atoms with Gasteiger partial charge in [0.1, 0.15) is 5.82 Å². The van der Waals surface area contributed by atoms with E-state index in [4.69, 9.17) is 5.73 Å². The summed E-state index contributed by atoms with van der Waals surface area (Å²) < 4.78 is 4.61. The van der Waals surface area contributed by atoms with Crippen LogP contribution in [0.25, 0.3) is 27.4 Å². The quantitative estimate of drug-likeness (QED) is 0.613. The summed E-state index contributed by atoms with van der Waals surface area (Å²) >= 11 is 1.48. The van der Waals surface area contributed by atoms with Gasteiger partial charge in [-0.1, -0.05) is 11.3 Å². The number of benzene rings is 1. The Bertz CT molecular complexity index is 978. The van der Waals surface area contributed by atoms with Crippen LogP contribution in [-0.2, 0) is 7.05 Å². The number of rotatable bonds is 2. The maximum Gasteiger partial charge on any atom is 0.181 e. The number of aromatic nitrogens is 6. The van der Waals surface area contributed by atoms with Crippen LogP contribution in [0.4, 0.5) is 5.13 Å². The van der Waals surface area contributed by atoms with Crippen molar-refractivity contribution in [3.05, 3.63) is 36.3 Å². The first-order valence-electron chi connectivity index (χ1n) is 6.70. The van der Waals surface area contributed by atoms with Crippen molar-refractivity contribution in [1.29, 1.82) is 0 Å². The minimum absolute atomic E-state index is 0.566. The Morgan fingerprint density at radius 3 is 2.82 bits per heavy atom. The standard InChI is InChI=1S/C14H13N7S/c1-8-17-13(21(19-8)12-5-6-16-20(12)2)9-3-4-11-10(7-9)18-14(15)22-11/h3-7H,1-2H3,(H2,15,18). The summed E-state index contributed by atoms with van der Waals surface area (Å²) in [4.78, 5) is 8.88. The molecule has 2 N–H and O–H groups in total. The van der Waals surface area contributed by atoms with Gasteiger partial charge in [0.05, 0.1) is 16.4 Å². The fraction of sp³-hybridized carbons (Fsp3) is 0.143. The zero-order valence-electron chi connectivity index (χ0n) is 12.1. The second-order valence-corrected chi connectivity index (χ2v) is 6.00. The molecule has 0 amide bonds. The van der Waals surface area contributed by atoms with Gasteiger partial charge in [-0.15, -0.1) is 5.10 Å². The van der Waals surface area contributed by atoms with Gasteiger partial charge in [0.25, 0.3) is 0 Å². The normalized spacial score (nSPS) is 11.4. The van der Waals surface area contributed by atoms with Gasteiger partial charge in [-0.25, -0.2) is 9.97 Å². The fourth-order valence-corrected chi connectivity index (χ4v) is 3.14. The van der Waals surface area contributed by atoms with Gasteiger partial charge < -0.3 is 5.73 Å². The van der Waals surface area contributed by atoms with Gasteiger partial charge in [-0.05, 0) is 25.1 Å². The molecular weight excluding hydrogens is 298 g/mol. The Hall–Kier alpha value is -2.74. The van der Waals surface area contributed by atoms with Gasteiger partial charge in [0.15, 0.2) is 16.8 Å². The highest BCUT2D eigenvalue weighted by Gasteiger charge is 2.15. The second-order valence-electron chi connectivity index (χ2n) is 4.94. The van der Waals surface area contributed by atoms with Crippen LogP contribution in [0.1, 0.15) is 5.82 Å². The highest BCUT2D eigenvalue weighted by atomic mass is 32.1. The smallest absolute Gasteiger partial charge is 0.181 e. The molecule has 8 heteroatoms. The lowest BCUT2D eigenvalue weighted by atomic mass is 10.2. The van der Waals surface area contributed by atoms with Gasteiger partial charge in [0.2, 0.25) is 0 Å². The maximum absolute atomic E-state index is 5.77. The van der Waals surface area contributed by atoms with Crippen LogP contribution in [0.15, 0.2) is 30.5 Å². The molecule has 0 saturated carbocycles. The van der Waals surface area contributed by atoms with Crippen LogP contribution in [0.3, 0.4) is 0 Å². The largest absolute Gasteiger partial charge is 0.375 e. The molecule has 3 heterocycles. The van der Waals surface area contributed by atoms with Gasteiger partial charge in [-0.2, -0.15) is 9.78 Å². The summed E-state index contributed by atoms with van der Waals surface area (Å²) in [6.45, 7) is 1.87. The van der Waals surface area contributed by atoms with Gasteiger partial charge in [0, 0.05) is 18.7 Å². The first-order valence-corrected chi connectivity index (χ1v) is 7.52. The molecule has 1 aromatic carbocycles. The van der Waals surface area contributed by atoms with Crippen LogP contribution < -0.4 is 5.73 Å². The summed E-state index contributed by atoms with van der Waals surface area (Å²) in [5.74, 6) is 2.32. The Kier molecular flexibility index (Phi) is 2.73. The lowest BCUT2D eigenvalue weighted by Gasteiger charge is -2.06. The van der Waals surface area contributed by atoms with Crippen LogP contribution in [-0.4, -0.2) is 29.5 Å².